The molecule has 4 aromatic heterocycles. The molecule has 0 bridgehead atoms. The van der Waals surface area contributed by atoms with E-state index in [0.29, 0.717) is 0 Å². The molecule has 0 aliphatic heterocycles. The van der Waals surface area contributed by atoms with Crippen LogP contribution in [0.4, 0.5) is 0 Å². The molecule has 0 saturated heterocycles. The lowest BCUT2D eigenvalue weighted by Gasteiger charge is -2.16. The van der Waals surface area contributed by atoms with Gasteiger partial charge >= 0.3 is 0 Å². The minimum Gasteiger partial charge on any atom is -0.309 e. The van der Waals surface area contributed by atoms with E-state index >= 15 is 0 Å². The molecular weight excluding hydrogens is 687 g/mol. The van der Waals surface area contributed by atoms with Gasteiger partial charge in [-0.05, 0) is 71.1 Å². The molecule has 0 aliphatic carbocycles. The van der Waals surface area contributed by atoms with E-state index in [0.717, 1.165) is 38.6 Å². The van der Waals surface area contributed by atoms with E-state index in [-0.39, 0.29) is 0 Å². The van der Waals surface area contributed by atoms with Crippen LogP contribution in [0, 0.1) is 0 Å². The Bertz CT molecular complexity index is 3270. The minimum atomic E-state index is 1.01. The molecular formula is C51H31N3S. The molecule has 0 spiro atoms. The number of hydrogen-bond acceptors (Lipinski definition) is 2. The fourth-order valence-corrected chi connectivity index (χ4v) is 10.0. The van der Waals surface area contributed by atoms with E-state index in [2.05, 4.69) is 197 Å². The van der Waals surface area contributed by atoms with Crippen molar-refractivity contribution in [2.24, 2.45) is 0 Å². The van der Waals surface area contributed by atoms with Gasteiger partial charge in [0.1, 0.15) is 4.83 Å². The highest BCUT2D eigenvalue weighted by molar-refractivity contribution is 7.25. The SMILES string of the molecule is c1cc(-c2cc(-n3c4ccccc4c4ccccc43)cc(-n3c4ccccc4c4ccccc43)c2)cc(-c2nc3sc4ccccc4c3c3ccccc23)c1. The van der Waals surface area contributed by atoms with Gasteiger partial charge in [0.2, 0.25) is 0 Å². The lowest BCUT2D eigenvalue weighted by Crippen LogP contribution is -2.00. The first kappa shape index (κ1) is 30.5. The van der Waals surface area contributed by atoms with Crippen LogP contribution in [0.25, 0.3) is 108 Å². The number of hydrogen-bond donors (Lipinski definition) is 0. The monoisotopic (exact) mass is 717 g/mol. The number of fused-ring (bicyclic) bond motifs is 11. The number of aromatic nitrogens is 3. The van der Waals surface area contributed by atoms with Crippen molar-refractivity contribution in [1.82, 2.24) is 14.1 Å². The lowest BCUT2D eigenvalue weighted by molar-refractivity contribution is 1.13. The summed E-state index contributed by atoms with van der Waals surface area (Å²) < 4.78 is 6.13. The molecule has 0 radical (unpaired) electrons. The minimum absolute atomic E-state index is 1.01. The van der Waals surface area contributed by atoms with Crippen LogP contribution < -0.4 is 0 Å². The summed E-state index contributed by atoms with van der Waals surface area (Å²) in [6.45, 7) is 0. The van der Waals surface area contributed by atoms with E-state index in [4.69, 9.17) is 4.98 Å². The maximum absolute atomic E-state index is 5.41. The second-order valence-electron chi connectivity index (χ2n) is 14.3. The van der Waals surface area contributed by atoms with Crippen molar-refractivity contribution in [3.05, 3.63) is 188 Å². The van der Waals surface area contributed by atoms with E-state index < -0.39 is 0 Å². The molecule has 0 unspecified atom stereocenters. The van der Waals surface area contributed by atoms with Gasteiger partial charge < -0.3 is 9.13 Å². The molecule has 0 fully saturated rings. The van der Waals surface area contributed by atoms with E-state index in [1.165, 1.54) is 69.9 Å². The standard InChI is InChI=1S/C51H31N3S/c1-2-21-42-41(20-1)49-43-22-7-12-27-48(43)55-51(49)52-50(42)33-15-13-14-32(28-33)34-29-35(53-44-23-8-3-16-37(44)38-17-4-9-24-45(38)53)31-36(30-34)54-46-25-10-5-18-39(46)40-19-6-11-26-47(40)54/h1-31H. The molecule has 0 atom stereocenters. The van der Waals surface area contributed by atoms with Crippen molar-refractivity contribution in [1.29, 1.82) is 0 Å². The topological polar surface area (TPSA) is 22.8 Å². The Kier molecular flexibility index (Phi) is 6.50. The molecule has 12 aromatic rings. The molecule has 256 valence electrons. The van der Waals surface area contributed by atoms with E-state index in [9.17, 15) is 0 Å². The van der Waals surface area contributed by atoms with Crippen LogP contribution >= 0.6 is 11.3 Å². The molecule has 8 aromatic carbocycles. The predicted molar refractivity (Wildman–Crippen MR) is 234 cm³/mol. The van der Waals surface area contributed by atoms with Crippen molar-refractivity contribution in [3.63, 3.8) is 0 Å². The summed E-state index contributed by atoms with van der Waals surface area (Å²) in [6.07, 6.45) is 0. The number of pyridine rings is 1. The summed E-state index contributed by atoms with van der Waals surface area (Å²) in [5.74, 6) is 0. The molecule has 0 aliphatic rings. The predicted octanol–water partition coefficient (Wildman–Crippen LogP) is 14.1. The number of para-hydroxylation sites is 4. The molecule has 4 heteroatoms. The summed E-state index contributed by atoms with van der Waals surface area (Å²) in [5, 5.41) is 9.92. The maximum atomic E-state index is 5.41. The van der Waals surface area contributed by atoms with Crippen molar-refractivity contribution >= 4 is 86.0 Å². The third kappa shape index (κ3) is 4.52. The van der Waals surface area contributed by atoms with Gasteiger partial charge in [0.05, 0.1) is 27.8 Å². The smallest absolute Gasteiger partial charge is 0.125 e. The van der Waals surface area contributed by atoms with Crippen LogP contribution in [0.15, 0.2) is 188 Å². The number of thiophene rings is 1. The summed E-state index contributed by atoms with van der Waals surface area (Å²) in [5.41, 5.74) is 11.4. The van der Waals surface area contributed by atoms with Crippen LogP contribution in [0.5, 0.6) is 0 Å². The Morgan fingerprint density at radius 2 is 0.800 bits per heavy atom. The highest BCUT2D eigenvalue weighted by atomic mass is 32.1. The zero-order valence-electron chi connectivity index (χ0n) is 29.6. The second kappa shape index (κ2) is 11.7. The summed E-state index contributed by atoms with van der Waals surface area (Å²) in [4.78, 5) is 6.48. The Morgan fingerprint density at radius 1 is 0.345 bits per heavy atom. The van der Waals surface area contributed by atoms with Gasteiger partial charge in [0.25, 0.3) is 0 Å². The first-order valence-electron chi connectivity index (χ1n) is 18.7. The average Bonchev–Trinajstić information content (AvgIpc) is 3.91. The van der Waals surface area contributed by atoms with Gasteiger partial charge in [0, 0.05) is 59.3 Å². The maximum Gasteiger partial charge on any atom is 0.125 e. The summed E-state index contributed by atoms with van der Waals surface area (Å²) in [6, 6.07) is 68.5. The number of benzene rings is 8. The normalized spacial score (nSPS) is 12.0. The molecule has 4 heterocycles. The Labute approximate surface area is 320 Å². The third-order valence-corrected chi connectivity index (χ3v) is 12.4. The van der Waals surface area contributed by atoms with Gasteiger partial charge in [-0.15, -0.1) is 11.3 Å². The molecule has 3 nitrogen and oxygen atoms in total. The van der Waals surface area contributed by atoms with Crippen LogP contribution in [0.3, 0.4) is 0 Å². The number of rotatable bonds is 4. The Morgan fingerprint density at radius 3 is 1.36 bits per heavy atom. The van der Waals surface area contributed by atoms with Crippen molar-refractivity contribution < 1.29 is 0 Å². The molecule has 0 N–H and O–H groups in total. The van der Waals surface area contributed by atoms with Crippen LogP contribution in [-0.4, -0.2) is 14.1 Å². The van der Waals surface area contributed by atoms with Crippen LogP contribution in [0.2, 0.25) is 0 Å². The fourth-order valence-electron chi connectivity index (χ4n) is 8.93. The first-order chi connectivity index (χ1) is 27.3. The van der Waals surface area contributed by atoms with Crippen molar-refractivity contribution in [2.75, 3.05) is 0 Å². The quantitative estimate of drug-likeness (QED) is 0.178. The van der Waals surface area contributed by atoms with Gasteiger partial charge in [-0.3, -0.25) is 0 Å². The summed E-state index contributed by atoms with van der Waals surface area (Å²) in [7, 11) is 0. The second-order valence-corrected chi connectivity index (χ2v) is 15.4. The molecule has 0 amide bonds. The van der Waals surface area contributed by atoms with Crippen LogP contribution in [-0.2, 0) is 0 Å². The molecule has 12 rings (SSSR count). The van der Waals surface area contributed by atoms with Gasteiger partial charge in [0.15, 0.2) is 0 Å². The lowest BCUT2D eigenvalue weighted by atomic mass is 9.97. The van der Waals surface area contributed by atoms with Crippen molar-refractivity contribution in [3.8, 4) is 33.8 Å². The average molecular weight is 718 g/mol. The van der Waals surface area contributed by atoms with Gasteiger partial charge in [-0.25, -0.2) is 4.98 Å². The summed E-state index contributed by atoms with van der Waals surface area (Å²) >= 11 is 1.77. The Balaban J connectivity index is 1.14. The third-order valence-electron chi connectivity index (χ3n) is 11.3. The van der Waals surface area contributed by atoms with Gasteiger partial charge in [-0.1, -0.05) is 133 Å². The Hall–Kier alpha value is -7.01. The van der Waals surface area contributed by atoms with Crippen LogP contribution in [0.1, 0.15) is 0 Å². The molecule has 55 heavy (non-hydrogen) atoms. The first-order valence-corrected chi connectivity index (χ1v) is 19.5. The van der Waals surface area contributed by atoms with E-state index in [1.807, 2.05) is 0 Å². The highest BCUT2D eigenvalue weighted by Gasteiger charge is 2.19. The van der Waals surface area contributed by atoms with E-state index in [1.54, 1.807) is 11.3 Å². The van der Waals surface area contributed by atoms with Crippen molar-refractivity contribution in [2.45, 2.75) is 0 Å². The van der Waals surface area contributed by atoms with Gasteiger partial charge in [-0.2, -0.15) is 0 Å². The fraction of sp³-hybridized carbons (Fsp3) is 0. The molecule has 0 saturated carbocycles. The zero-order chi connectivity index (χ0) is 36.0. The zero-order valence-corrected chi connectivity index (χ0v) is 30.5. The number of nitrogens with zero attached hydrogens (tertiary/aromatic N) is 3. The highest BCUT2D eigenvalue weighted by Crippen LogP contribution is 2.42. The largest absolute Gasteiger partial charge is 0.309 e.